The molecular weight excluding hydrogens is 411 g/mol. The first kappa shape index (κ1) is 20.2. The molecule has 0 saturated heterocycles. The molecular formula is C22H18F3N3OS. The predicted octanol–water partition coefficient (Wildman–Crippen LogP) is 4.91. The number of rotatable bonds is 5. The standard InChI is InChI=1S/C22H18F3N3OS/c23-22(24,25)19-8-7-18(30-19)17-9-10-28(13-15-3-1-14(12-26)2-4-15)20(11-17)27-21(29)16-5-6-16/h1-4,7-9,11,16H,5-6,10,13H2,(H,27,29). The Balaban J connectivity index is 1.57. The molecule has 0 atom stereocenters. The minimum atomic E-state index is -4.37. The van der Waals surface area contributed by atoms with Gasteiger partial charge in [-0.25, -0.2) is 0 Å². The van der Waals surface area contributed by atoms with Crippen LogP contribution in [0, 0.1) is 17.2 Å². The number of nitrogens with zero attached hydrogens (tertiary/aromatic N) is 2. The molecule has 0 radical (unpaired) electrons. The van der Waals surface area contributed by atoms with Crippen molar-refractivity contribution in [1.29, 1.82) is 5.26 Å². The second kappa shape index (κ2) is 8.00. The van der Waals surface area contributed by atoms with Crippen LogP contribution in [-0.4, -0.2) is 17.4 Å². The van der Waals surface area contributed by atoms with Crippen LogP contribution in [0.1, 0.15) is 33.7 Å². The first-order valence-electron chi connectivity index (χ1n) is 9.47. The summed E-state index contributed by atoms with van der Waals surface area (Å²) in [6.45, 7) is 0.954. The number of hydrogen-bond donors (Lipinski definition) is 1. The molecule has 0 spiro atoms. The van der Waals surface area contributed by atoms with Gasteiger partial charge in [0.25, 0.3) is 0 Å². The summed E-state index contributed by atoms with van der Waals surface area (Å²) in [5, 5.41) is 11.9. The van der Waals surface area contributed by atoms with E-state index in [0.717, 1.165) is 24.5 Å². The highest BCUT2D eigenvalue weighted by Gasteiger charge is 2.33. The van der Waals surface area contributed by atoms with Gasteiger partial charge in [0.05, 0.1) is 11.6 Å². The van der Waals surface area contributed by atoms with Crippen LogP contribution in [-0.2, 0) is 17.5 Å². The quantitative estimate of drug-likeness (QED) is 0.735. The molecule has 154 valence electrons. The minimum Gasteiger partial charge on any atom is -0.350 e. The Morgan fingerprint density at radius 2 is 1.93 bits per heavy atom. The van der Waals surface area contributed by atoms with Crippen molar-refractivity contribution in [2.45, 2.75) is 25.6 Å². The van der Waals surface area contributed by atoms with Crippen LogP contribution in [0.15, 0.2) is 54.4 Å². The Hall–Kier alpha value is -3.05. The number of carbonyl (C=O) groups is 1. The Morgan fingerprint density at radius 1 is 1.20 bits per heavy atom. The summed E-state index contributed by atoms with van der Waals surface area (Å²) in [6, 6.07) is 11.8. The fraction of sp³-hybridized carbons (Fsp3) is 0.273. The molecule has 4 rings (SSSR count). The lowest BCUT2D eigenvalue weighted by Gasteiger charge is -2.30. The van der Waals surface area contributed by atoms with Crippen molar-refractivity contribution in [2.75, 3.05) is 6.54 Å². The highest BCUT2D eigenvalue weighted by Crippen LogP contribution is 2.38. The lowest BCUT2D eigenvalue weighted by atomic mass is 10.1. The number of alkyl halides is 3. The maximum absolute atomic E-state index is 13.0. The average Bonchev–Trinajstić information content (AvgIpc) is 3.45. The Bertz CT molecular complexity index is 1060. The molecule has 1 aliphatic heterocycles. The maximum Gasteiger partial charge on any atom is 0.425 e. The fourth-order valence-corrected chi connectivity index (χ4v) is 4.05. The van der Waals surface area contributed by atoms with E-state index in [9.17, 15) is 18.0 Å². The fourth-order valence-electron chi connectivity index (χ4n) is 3.17. The molecule has 1 saturated carbocycles. The summed E-state index contributed by atoms with van der Waals surface area (Å²) in [6.07, 6.45) is 0.947. The lowest BCUT2D eigenvalue weighted by Crippen LogP contribution is -2.37. The van der Waals surface area contributed by atoms with Crippen molar-refractivity contribution in [3.8, 4) is 6.07 Å². The SMILES string of the molecule is N#Cc1ccc(CN2CC=C(c3ccc(C(F)(F)F)s3)C=C2NC(=O)C2CC2)cc1. The topological polar surface area (TPSA) is 56.1 Å². The Labute approximate surface area is 175 Å². The smallest absolute Gasteiger partial charge is 0.350 e. The van der Waals surface area contributed by atoms with E-state index in [1.54, 1.807) is 18.2 Å². The zero-order chi connectivity index (χ0) is 21.3. The number of carbonyl (C=O) groups excluding carboxylic acids is 1. The third-order valence-corrected chi connectivity index (χ3v) is 6.17. The summed E-state index contributed by atoms with van der Waals surface area (Å²) in [7, 11) is 0. The van der Waals surface area contributed by atoms with Crippen LogP contribution in [0.4, 0.5) is 13.2 Å². The molecule has 1 aromatic heterocycles. The van der Waals surface area contributed by atoms with E-state index in [0.29, 0.717) is 46.3 Å². The third-order valence-electron chi connectivity index (χ3n) is 4.99. The summed E-state index contributed by atoms with van der Waals surface area (Å²) < 4.78 is 38.9. The monoisotopic (exact) mass is 429 g/mol. The normalized spacial score (nSPS) is 16.5. The number of amides is 1. The van der Waals surface area contributed by atoms with Crippen LogP contribution in [0.5, 0.6) is 0 Å². The minimum absolute atomic E-state index is 0.00980. The van der Waals surface area contributed by atoms with Crippen LogP contribution in [0.25, 0.3) is 5.57 Å². The molecule has 8 heteroatoms. The number of nitrogens with one attached hydrogen (secondary N) is 1. The first-order chi connectivity index (χ1) is 14.3. The van der Waals surface area contributed by atoms with Gasteiger partial charge in [-0.05, 0) is 54.3 Å². The van der Waals surface area contributed by atoms with E-state index in [2.05, 4.69) is 11.4 Å². The molecule has 0 bridgehead atoms. The number of hydrogen-bond acceptors (Lipinski definition) is 4. The van der Waals surface area contributed by atoms with Gasteiger partial charge in [-0.2, -0.15) is 18.4 Å². The maximum atomic E-state index is 13.0. The molecule has 1 aromatic carbocycles. The van der Waals surface area contributed by atoms with Crippen molar-refractivity contribution < 1.29 is 18.0 Å². The van der Waals surface area contributed by atoms with Gasteiger partial charge in [0.15, 0.2) is 0 Å². The highest BCUT2D eigenvalue weighted by molar-refractivity contribution is 7.13. The summed E-state index contributed by atoms with van der Waals surface area (Å²) >= 11 is 0.695. The highest BCUT2D eigenvalue weighted by atomic mass is 32.1. The van der Waals surface area contributed by atoms with Crippen molar-refractivity contribution in [3.05, 3.63) is 75.3 Å². The van der Waals surface area contributed by atoms with Crippen molar-refractivity contribution in [3.63, 3.8) is 0 Å². The largest absolute Gasteiger partial charge is 0.425 e. The predicted molar refractivity (Wildman–Crippen MR) is 108 cm³/mol. The van der Waals surface area contributed by atoms with E-state index in [-0.39, 0.29) is 11.8 Å². The van der Waals surface area contributed by atoms with Crippen molar-refractivity contribution in [2.24, 2.45) is 5.92 Å². The zero-order valence-electron chi connectivity index (χ0n) is 15.9. The summed E-state index contributed by atoms with van der Waals surface area (Å²) in [5.74, 6) is 0.529. The number of halogens is 3. The molecule has 30 heavy (non-hydrogen) atoms. The van der Waals surface area contributed by atoms with Gasteiger partial charge < -0.3 is 10.2 Å². The van der Waals surface area contributed by atoms with Gasteiger partial charge in [0.2, 0.25) is 5.91 Å². The van der Waals surface area contributed by atoms with E-state index >= 15 is 0 Å². The van der Waals surface area contributed by atoms with Crippen LogP contribution >= 0.6 is 11.3 Å². The number of thiophene rings is 1. The lowest BCUT2D eigenvalue weighted by molar-refractivity contribution is -0.134. The molecule has 2 aliphatic rings. The van der Waals surface area contributed by atoms with E-state index in [1.165, 1.54) is 6.07 Å². The second-order valence-corrected chi connectivity index (χ2v) is 8.39. The average molecular weight is 429 g/mol. The number of nitriles is 1. The molecule has 1 fully saturated rings. The van der Waals surface area contributed by atoms with Gasteiger partial charge in [-0.3, -0.25) is 4.79 Å². The van der Waals surface area contributed by atoms with Gasteiger partial charge in [-0.1, -0.05) is 18.2 Å². The van der Waals surface area contributed by atoms with Gasteiger partial charge in [0.1, 0.15) is 10.7 Å². The van der Waals surface area contributed by atoms with E-state index in [1.807, 2.05) is 23.1 Å². The molecule has 2 heterocycles. The van der Waals surface area contributed by atoms with Gasteiger partial charge >= 0.3 is 6.18 Å². The first-order valence-corrected chi connectivity index (χ1v) is 10.3. The molecule has 2 aromatic rings. The third kappa shape index (κ3) is 4.57. The molecule has 4 nitrogen and oxygen atoms in total. The summed E-state index contributed by atoms with van der Waals surface area (Å²) in [4.78, 5) is 14.2. The molecule has 1 amide bonds. The van der Waals surface area contributed by atoms with Crippen molar-refractivity contribution >= 4 is 22.8 Å². The number of benzene rings is 1. The van der Waals surface area contributed by atoms with Crippen molar-refractivity contribution in [1.82, 2.24) is 10.2 Å². The molecule has 1 aliphatic carbocycles. The Kier molecular flexibility index (Phi) is 5.39. The van der Waals surface area contributed by atoms with Gasteiger partial charge in [0, 0.05) is 23.9 Å². The number of allylic oxidation sites excluding steroid dienone is 2. The second-order valence-electron chi connectivity index (χ2n) is 7.30. The molecule has 1 N–H and O–H groups in total. The Morgan fingerprint density at radius 3 is 2.53 bits per heavy atom. The van der Waals surface area contributed by atoms with Crippen LogP contribution in [0.3, 0.4) is 0 Å². The van der Waals surface area contributed by atoms with Gasteiger partial charge in [-0.15, -0.1) is 11.3 Å². The van der Waals surface area contributed by atoms with Crippen LogP contribution < -0.4 is 5.32 Å². The van der Waals surface area contributed by atoms with Crippen LogP contribution in [0.2, 0.25) is 0 Å². The summed E-state index contributed by atoms with van der Waals surface area (Å²) in [5.41, 5.74) is 2.20. The van der Waals surface area contributed by atoms with E-state index < -0.39 is 11.1 Å². The van der Waals surface area contributed by atoms with E-state index in [4.69, 9.17) is 5.26 Å². The molecule has 0 unspecified atom stereocenters. The zero-order valence-corrected chi connectivity index (χ0v) is 16.7.